The van der Waals surface area contributed by atoms with Gasteiger partial charge in [-0.1, -0.05) is 0 Å². The van der Waals surface area contributed by atoms with Crippen molar-refractivity contribution >= 4 is 19.3 Å². The van der Waals surface area contributed by atoms with Crippen molar-refractivity contribution in [3.8, 4) is 0 Å². The van der Waals surface area contributed by atoms with Crippen molar-refractivity contribution < 1.29 is 9.13 Å². The Balaban J connectivity index is 2.88. The minimum Gasteiger partial charge on any atom is -0.267 e. The van der Waals surface area contributed by atoms with Crippen LogP contribution in [0.3, 0.4) is 0 Å². The highest BCUT2D eigenvalue weighted by atomic mass is 31.1. The Hall–Kier alpha value is -0.760. The van der Waals surface area contributed by atoms with E-state index in [2.05, 4.69) is 9.98 Å². The maximum Gasteiger partial charge on any atom is 0.368 e. The third-order valence-corrected chi connectivity index (χ3v) is 1.34. The van der Waals surface area contributed by atoms with Gasteiger partial charge in [0.1, 0.15) is 6.67 Å². The zero-order valence-corrected chi connectivity index (χ0v) is 4.84. The van der Waals surface area contributed by atoms with Gasteiger partial charge >= 0.3 is 7.68 Å². The highest BCUT2D eigenvalue weighted by molar-refractivity contribution is 7.56. The van der Waals surface area contributed by atoms with Gasteiger partial charge in [-0.15, -0.1) is 0 Å². The summed E-state index contributed by atoms with van der Waals surface area (Å²) in [5, 5.41) is 0. The molecule has 0 aromatic rings. The normalized spacial score (nSPS) is 16.2. The number of rotatable bonds is 1. The fraction of sp³-hybridized carbons (Fsp3) is 0.333. The van der Waals surface area contributed by atoms with Crippen LogP contribution in [0.2, 0.25) is 0 Å². The molecule has 8 heavy (non-hydrogen) atoms. The van der Waals surface area contributed by atoms with Crippen LogP contribution < -0.4 is 0 Å². The molecule has 42 valence electrons. The van der Waals surface area contributed by atoms with E-state index in [1.54, 1.807) is 0 Å². The third kappa shape index (κ3) is 0.898. The molecule has 0 radical (unpaired) electrons. The van der Waals surface area contributed by atoms with Crippen molar-refractivity contribution in [2.24, 2.45) is 9.98 Å². The van der Waals surface area contributed by atoms with Gasteiger partial charge in [0, 0.05) is 0 Å². The summed E-state index contributed by atoms with van der Waals surface area (Å²) in [7, 11) is -2.50. The van der Waals surface area contributed by atoms with Gasteiger partial charge in [-0.3, -0.25) is 4.99 Å². The fourth-order valence-corrected chi connectivity index (χ4v) is 0.736. The van der Waals surface area contributed by atoms with Crippen LogP contribution in [0.4, 0.5) is 0 Å². The molecule has 0 fully saturated rings. The Bertz CT molecular complexity index is 207. The van der Waals surface area contributed by atoms with Crippen LogP contribution in [0.5, 0.6) is 0 Å². The molecule has 1 aliphatic rings. The van der Waals surface area contributed by atoms with Gasteiger partial charge < -0.3 is 0 Å². The van der Waals surface area contributed by atoms with E-state index in [-0.39, 0.29) is 12.1 Å². The zero-order chi connectivity index (χ0) is 5.98. The summed E-state index contributed by atoms with van der Waals surface area (Å²) in [6, 6.07) is 0. The number of hydrogen-bond donors (Lipinski definition) is 0. The van der Waals surface area contributed by atoms with E-state index < -0.39 is 7.68 Å². The highest BCUT2D eigenvalue weighted by Gasteiger charge is 2.03. The molecule has 0 saturated heterocycles. The molecule has 0 saturated carbocycles. The lowest BCUT2D eigenvalue weighted by Gasteiger charge is -1.69. The number of hydrogen-bond acceptors (Lipinski definition) is 4. The maximum atomic E-state index is 10.0. The fourth-order valence-electron chi connectivity index (χ4n) is 0.381. The molecule has 0 N–H and O–H groups in total. The van der Waals surface area contributed by atoms with Gasteiger partial charge in [0.25, 0.3) is 0 Å². The van der Waals surface area contributed by atoms with Crippen LogP contribution in [0, 0.1) is 0 Å². The third-order valence-electron chi connectivity index (χ3n) is 0.708. The Morgan fingerprint density at radius 1 is 1.62 bits per heavy atom. The molecule has 5 heteroatoms. The zero-order valence-electron chi connectivity index (χ0n) is 3.94. The maximum absolute atomic E-state index is 10.0. The van der Waals surface area contributed by atoms with E-state index in [9.17, 15) is 9.13 Å². The Labute approximate surface area is 46.2 Å². The molecule has 1 aliphatic heterocycles. The van der Waals surface area contributed by atoms with Crippen molar-refractivity contribution in [2.45, 2.75) is 0 Å². The minimum absolute atomic E-state index is 0.0833. The molecular weight excluding hydrogens is 127 g/mol. The Morgan fingerprint density at radius 3 is 2.62 bits per heavy atom. The Morgan fingerprint density at radius 2 is 2.38 bits per heavy atom. The average molecular weight is 130 g/mol. The Kier molecular flexibility index (Phi) is 1.35. The predicted octanol–water partition coefficient (Wildman–Crippen LogP) is 0.600. The smallest absolute Gasteiger partial charge is 0.267 e. The molecule has 0 atom stereocenters. The van der Waals surface area contributed by atoms with Gasteiger partial charge in [-0.25, -0.2) is 14.1 Å². The lowest BCUT2D eigenvalue weighted by Crippen LogP contribution is -1.81. The van der Waals surface area contributed by atoms with Crippen molar-refractivity contribution in [2.75, 3.05) is 6.67 Å². The minimum atomic E-state index is -2.50. The topological polar surface area (TPSA) is 58.9 Å². The van der Waals surface area contributed by atoms with Gasteiger partial charge in [0.15, 0.2) is 5.45 Å². The summed E-state index contributed by atoms with van der Waals surface area (Å²) in [6.45, 7) is 0.263. The molecule has 0 amide bonds. The molecule has 1 rings (SSSR count). The number of nitrogens with zero attached hydrogens (tertiary/aromatic N) is 2. The molecule has 0 aromatic heterocycles. The van der Waals surface area contributed by atoms with Crippen LogP contribution in [0.15, 0.2) is 9.98 Å². The van der Waals surface area contributed by atoms with Crippen molar-refractivity contribution in [1.29, 1.82) is 0 Å². The molecule has 0 spiro atoms. The summed E-state index contributed by atoms with van der Waals surface area (Å²) in [5.74, 6) is 0. The lowest BCUT2D eigenvalue weighted by atomic mass is 10.8. The van der Waals surface area contributed by atoms with E-state index in [0.29, 0.717) is 0 Å². The predicted molar refractivity (Wildman–Crippen MR) is 29.1 cm³/mol. The summed E-state index contributed by atoms with van der Waals surface area (Å²) >= 11 is 0. The molecule has 1 heterocycles. The summed E-state index contributed by atoms with van der Waals surface area (Å²) in [5.41, 5.74) is 0.0833. The first kappa shape index (κ1) is 5.38. The van der Waals surface area contributed by atoms with Crippen LogP contribution in [-0.2, 0) is 9.13 Å². The molecular formula is C3H3N2O2P. The SMILES string of the molecule is O=P(=O)C1=NCN=C1. The molecule has 0 bridgehead atoms. The quantitative estimate of drug-likeness (QED) is 0.488. The second kappa shape index (κ2) is 2.01. The van der Waals surface area contributed by atoms with Gasteiger partial charge in [-0.05, 0) is 0 Å². The summed E-state index contributed by atoms with van der Waals surface area (Å²) in [6.07, 6.45) is 1.26. The monoisotopic (exact) mass is 130 g/mol. The standard InChI is InChI=1S/C3H3N2O2P/c6-8(7)3-1-4-2-5-3/h1H,2H2. The van der Waals surface area contributed by atoms with E-state index in [1.807, 2.05) is 0 Å². The van der Waals surface area contributed by atoms with Crippen molar-refractivity contribution in [3.05, 3.63) is 0 Å². The van der Waals surface area contributed by atoms with E-state index in [0.717, 1.165) is 0 Å². The van der Waals surface area contributed by atoms with Crippen LogP contribution >= 0.6 is 7.68 Å². The largest absolute Gasteiger partial charge is 0.368 e. The highest BCUT2D eigenvalue weighted by Crippen LogP contribution is 2.07. The first-order valence-corrected chi connectivity index (χ1v) is 3.17. The van der Waals surface area contributed by atoms with E-state index in [4.69, 9.17) is 0 Å². The molecule has 4 nitrogen and oxygen atoms in total. The van der Waals surface area contributed by atoms with Crippen LogP contribution in [0.1, 0.15) is 0 Å². The molecule has 0 aromatic carbocycles. The lowest BCUT2D eigenvalue weighted by molar-refractivity contribution is 0.525. The summed E-state index contributed by atoms with van der Waals surface area (Å²) < 4.78 is 20.0. The van der Waals surface area contributed by atoms with Gasteiger partial charge in [0.05, 0.1) is 6.21 Å². The van der Waals surface area contributed by atoms with Gasteiger partial charge in [0.2, 0.25) is 0 Å². The van der Waals surface area contributed by atoms with Gasteiger partial charge in [-0.2, -0.15) is 0 Å². The van der Waals surface area contributed by atoms with Crippen molar-refractivity contribution in [3.63, 3.8) is 0 Å². The van der Waals surface area contributed by atoms with E-state index in [1.165, 1.54) is 6.21 Å². The average Bonchev–Trinajstić information content (AvgIpc) is 2.12. The first-order valence-electron chi connectivity index (χ1n) is 1.99. The molecule has 0 aliphatic carbocycles. The van der Waals surface area contributed by atoms with Crippen LogP contribution in [0.25, 0.3) is 0 Å². The summed E-state index contributed by atoms with van der Waals surface area (Å²) in [4.78, 5) is 7.11. The second-order valence-corrected chi connectivity index (χ2v) is 2.20. The van der Waals surface area contributed by atoms with Crippen molar-refractivity contribution in [1.82, 2.24) is 0 Å². The van der Waals surface area contributed by atoms with Crippen LogP contribution in [-0.4, -0.2) is 18.3 Å². The number of aliphatic imine (C=N–C) groups is 2. The van der Waals surface area contributed by atoms with E-state index >= 15 is 0 Å². The first-order chi connectivity index (χ1) is 3.80. The molecule has 0 unspecified atom stereocenters. The second-order valence-electron chi connectivity index (χ2n) is 1.23.